The molecule has 2 aromatic rings. The van der Waals surface area contributed by atoms with Crippen LogP contribution in [0, 0.1) is 0 Å². The molecule has 1 aromatic heterocycles. The Bertz CT molecular complexity index is 698. The van der Waals surface area contributed by atoms with Crippen molar-refractivity contribution in [3.05, 3.63) is 47.2 Å². The van der Waals surface area contributed by atoms with E-state index in [2.05, 4.69) is 15.4 Å². The number of aryl methyl sites for hydroxylation is 1. The highest BCUT2D eigenvalue weighted by molar-refractivity contribution is 5.95. The Balaban J connectivity index is 2.14. The highest BCUT2D eigenvalue weighted by atomic mass is 19.4. The fourth-order valence-electron chi connectivity index (χ4n) is 1.87. The van der Waals surface area contributed by atoms with Crippen LogP contribution in [0.3, 0.4) is 0 Å². The Morgan fingerprint density at radius 1 is 1.39 bits per heavy atom. The van der Waals surface area contributed by atoms with Crippen molar-refractivity contribution in [1.29, 1.82) is 0 Å². The van der Waals surface area contributed by atoms with Gasteiger partial charge in [-0.2, -0.15) is 13.2 Å². The summed E-state index contributed by atoms with van der Waals surface area (Å²) in [5, 5.41) is 3.96. The lowest BCUT2D eigenvalue weighted by atomic mass is 10.1. The molecule has 0 saturated carbocycles. The average molecular weight is 329 g/mol. The number of rotatable bonds is 5. The highest BCUT2D eigenvalue weighted by Crippen LogP contribution is 2.29. The van der Waals surface area contributed by atoms with Gasteiger partial charge in [0.2, 0.25) is 5.88 Å². The molecule has 0 fully saturated rings. The Morgan fingerprint density at radius 3 is 2.78 bits per heavy atom. The van der Waals surface area contributed by atoms with E-state index in [-0.39, 0.29) is 18.1 Å². The van der Waals surface area contributed by atoms with Crippen LogP contribution in [0.15, 0.2) is 30.5 Å². The lowest BCUT2D eigenvalue weighted by Crippen LogP contribution is -2.22. The molecule has 6 nitrogen and oxygen atoms in total. The summed E-state index contributed by atoms with van der Waals surface area (Å²) in [5.74, 6) is -0.570. The van der Waals surface area contributed by atoms with Crippen molar-refractivity contribution >= 4 is 5.91 Å². The summed E-state index contributed by atoms with van der Waals surface area (Å²) < 4.78 is 44.7. The largest absolute Gasteiger partial charge is 0.471 e. The maximum absolute atomic E-state index is 12.7. The minimum absolute atomic E-state index is 0.000498. The number of aromatic nitrogens is 2. The summed E-state index contributed by atoms with van der Waals surface area (Å²) in [6.45, 7) is -0.159. The van der Waals surface area contributed by atoms with E-state index >= 15 is 0 Å². The molecule has 23 heavy (non-hydrogen) atoms. The number of ether oxygens (including phenoxy) is 1. The zero-order chi connectivity index (χ0) is 17.0. The molecule has 1 aromatic carbocycles. The van der Waals surface area contributed by atoms with Crippen LogP contribution in [-0.2, 0) is 24.7 Å². The predicted octanol–water partition coefficient (Wildman–Crippen LogP) is 2.31. The second kappa shape index (κ2) is 6.69. The van der Waals surface area contributed by atoms with Crippen LogP contribution in [0.4, 0.5) is 13.2 Å². The fraction of sp³-hybridized carbons (Fsp3) is 0.286. The highest BCUT2D eigenvalue weighted by Gasteiger charge is 2.30. The monoisotopic (exact) mass is 329 g/mol. The first kappa shape index (κ1) is 16.8. The standard InChI is InChI=1S/C14H14F3N3O3/c1-20-7-11(12(21)19-22-2)13(18-20)23-8-9-4-3-5-10(6-9)14(15,16)17/h3-7H,8H2,1-2H3,(H,19,21). The third-order valence-electron chi connectivity index (χ3n) is 2.86. The zero-order valence-electron chi connectivity index (χ0n) is 12.3. The lowest BCUT2D eigenvalue weighted by Gasteiger charge is -2.09. The molecule has 124 valence electrons. The zero-order valence-corrected chi connectivity index (χ0v) is 12.3. The van der Waals surface area contributed by atoms with Gasteiger partial charge in [-0.15, -0.1) is 5.10 Å². The molecule has 0 bridgehead atoms. The first-order chi connectivity index (χ1) is 10.8. The smallest absolute Gasteiger partial charge is 0.416 e. The predicted molar refractivity (Wildman–Crippen MR) is 73.5 cm³/mol. The van der Waals surface area contributed by atoms with Gasteiger partial charge >= 0.3 is 6.18 Å². The van der Waals surface area contributed by atoms with Crippen LogP contribution in [0.25, 0.3) is 0 Å². The molecule has 1 heterocycles. The van der Waals surface area contributed by atoms with Crippen LogP contribution in [-0.4, -0.2) is 22.8 Å². The van der Waals surface area contributed by atoms with Crippen LogP contribution in [0.1, 0.15) is 21.5 Å². The number of hydrogen-bond donors (Lipinski definition) is 1. The molecular weight excluding hydrogens is 315 g/mol. The van der Waals surface area contributed by atoms with Crippen molar-refractivity contribution in [1.82, 2.24) is 15.3 Å². The molecule has 0 spiro atoms. The minimum atomic E-state index is -4.43. The van der Waals surface area contributed by atoms with Gasteiger partial charge in [-0.05, 0) is 17.7 Å². The number of carbonyl (C=O) groups excluding carboxylic acids is 1. The van der Waals surface area contributed by atoms with Crippen molar-refractivity contribution in [2.24, 2.45) is 7.05 Å². The maximum atomic E-state index is 12.7. The van der Waals surface area contributed by atoms with E-state index < -0.39 is 17.6 Å². The van der Waals surface area contributed by atoms with Gasteiger partial charge in [0.05, 0.1) is 12.7 Å². The number of carbonyl (C=O) groups is 1. The van der Waals surface area contributed by atoms with Gasteiger partial charge in [-0.1, -0.05) is 12.1 Å². The van der Waals surface area contributed by atoms with E-state index in [0.717, 1.165) is 12.1 Å². The second-order valence-electron chi connectivity index (χ2n) is 4.64. The van der Waals surface area contributed by atoms with Crippen LogP contribution >= 0.6 is 0 Å². The van der Waals surface area contributed by atoms with Crippen molar-refractivity contribution < 1.29 is 27.5 Å². The van der Waals surface area contributed by atoms with E-state index in [0.29, 0.717) is 5.56 Å². The van der Waals surface area contributed by atoms with E-state index in [1.54, 1.807) is 7.05 Å². The van der Waals surface area contributed by atoms with E-state index in [1.165, 1.54) is 30.1 Å². The third kappa shape index (κ3) is 4.22. The van der Waals surface area contributed by atoms with Gasteiger partial charge in [0.1, 0.15) is 12.2 Å². The van der Waals surface area contributed by atoms with Crippen molar-refractivity contribution in [3.8, 4) is 5.88 Å². The number of halogens is 3. The summed E-state index contributed by atoms with van der Waals surface area (Å²) in [6, 6.07) is 4.74. The van der Waals surface area contributed by atoms with E-state index in [1.807, 2.05) is 0 Å². The number of alkyl halides is 3. The summed E-state index contributed by atoms with van der Waals surface area (Å²) in [5.41, 5.74) is 1.78. The number of hydrogen-bond acceptors (Lipinski definition) is 4. The second-order valence-corrected chi connectivity index (χ2v) is 4.64. The number of benzene rings is 1. The molecule has 1 N–H and O–H groups in total. The van der Waals surface area contributed by atoms with Gasteiger partial charge in [-0.3, -0.25) is 14.3 Å². The normalized spacial score (nSPS) is 11.3. The summed E-state index contributed by atoms with van der Waals surface area (Å²) in [4.78, 5) is 16.3. The number of hydroxylamine groups is 1. The van der Waals surface area contributed by atoms with Crippen molar-refractivity contribution in [2.75, 3.05) is 7.11 Å². The Hall–Kier alpha value is -2.55. The topological polar surface area (TPSA) is 65.4 Å². The fourth-order valence-corrected chi connectivity index (χ4v) is 1.87. The first-order valence-electron chi connectivity index (χ1n) is 6.47. The number of amides is 1. The molecule has 2 rings (SSSR count). The molecule has 0 aliphatic rings. The summed E-state index contributed by atoms with van der Waals surface area (Å²) >= 11 is 0. The van der Waals surface area contributed by atoms with E-state index in [9.17, 15) is 18.0 Å². The molecule has 0 aliphatic heterocycles. The molecule has 1 amide bonds. The Labute approximate surface area is 129 Å². The first-order valence-corrected chi connectivity index (χ1v) is 6.47. The SMILES string of the molecule is CONC(=O)c1cn(C)nc1OCc1cccc(C(F)(F)F)c1. The van der Waals surface area contributed by atoms with Crippen LogP contribution < -0.4 is 10.2 Å². The van der Waals surface area contributed by atoms with Crippen LogP contribution in [0.5, 0.6) is 5.88 Å². The van der Waals surface area contributed by atoms with Gasteiger partial charge in [0, 0.05) is 13.2 Å². The van der Waals surface area contributed by atoms with Gasteiger partial charge in [-0.25, -0.2) is 5.48 Å². The van der Waals surface area contributed by atoms with E-state index in [4.69, 9.17) is 4.74 Å². The lowest BCUT2D eigenvalue weighted by molar-refractivity contribution is -0.137. The number of nitrogens with one attached hydrogen (secondary N) is 1. The molecular formula is C14H14F3N3O3. The quantitative estimate of drug-likeness (QED) is 0.855. The van der Waals surface area contributed by atoms with Gasteiger partial charge in [0.15, 0.2) is 0 Å². The van der Waals surface area contributed by atoms with Gasteiger partial charge in [0.25, 0.3) is 5.91 Å². The number of nitrogens with zero attached hydrogens (tertiary/aromatic N) is 2. The molecule has 0 unspecified atom stereocenters. The Morgan fingerprint density at radius 2 is 2.13 bits per heavy atom. The molecule has 0 aliphatic carbocycles. The molecule has 0 radical (unpaired) electrons. The molecule has 0 saturated heterocycles. The van der Waals surface area contributed by atoms with Crippen molar-refractivity contribution in [2.45, 2.75) is 12.8 Å². The molecule has 9 heteroatoms. The molecule has 0 atom stereocenters. The maximum Gasteiger partial charge on any atom is 0.416 e. The Kier molecular flexibility index (Phi) is 4.89. The van der Waals surface area contributed by atoms with Gasteiger partial charge < -0.3 is 4.74 Å². The summed E-state index contributed by atoms with van der Waals surface area (Å²) in [7, 11) is 2.86. The van der Waals surface area contributed by atoms with Crippen molar-refractivity contribution in [3.63, 3.8) is 0 Å². The van der Waals surface area contributed by atoms with Crippen LogP contribution in [0.2, 0.25) is 0 Å². The summed E-state index contributed by atoms with van der Waals surface area (Å²) in [6.07, 6.45) is -3.01. The average Bonchev–Trinajstić information content (AvgIpc) is 2.86. The minimum Gasteiger partial charge on any atom is -0.471 e. The third-order valence-corrected chi connectivity index (χ3v) is 2.86.